The summed E-state index contributed by atoms with van der Waals surface area (Å²) >= 11 is 0. The topological polar surface area (TPSA) is 72.9 Å². The van der Waals surface area contributed by atoms with Crippen LogP contribution in [0.1, 0.15) is 41.5 Å². The maximum Gasteiger partial charge on any atom is 0.265 e. The van der Waals surface area contributed by atoms with Crippen molar-refractivity contribution in [2.24, 2.45) is 5.84 Å². The van der Waals surface area contributed by atoms with E-state index in [-0.39, 0.29) is 5.91 Å². The SMILES string of the molecule is CC(C)c1nccn1Cc1ccc(C(=O)NN)cc1. The molecule has 19 heavy (non-hydrogen) atoms. The minimum Gasteiger partial charge on any atom is -0.330 e. The molecule has 0 atom stereocenters. The smallest absolute Gasteiger partial charge is 0.265 e. The predicted molar refractivity (Wildman–Crippen MR) is 73.5 cm³/mol. The molecular formula is C14H18N4O. The Morgan fingerprint density at radius 1 is 1.37 bits per heavy atom. The lowest BCUT2D eigenvalue weighted by molar-refractivity contribution is 0.0953. The summed E-state index contributed by atoms with van der Waals surface area (Å²) in [6.45, 7) is 4.99. The third-order valence-corrected chi connectivity index (χ3v) is 2.96. The van der Waals surface area contributed by atoms with Crippen molar-refractivity contribution in [3.05, 3.63) is 53.6 Å². The van der Waals surface area contributed by atoms with Crippen LogP contribution in [0.25, 0.3) is 0 Å². The first-order valence-corrected chi connectivity index (χ1v) is 6.22. The number of hydrogen-bond donors (Lipinski definition) is 2. The van der Waals surface area contributed by atoms with Crippen LogP contribution >= 0.6 is 0 Å². The van der Waals surface area contributed by atoms with Gasteiger partial charge in [-0.25, -0.2) is 10.8 Å². The number of hydrogen-bond acceptors (Lipinski definition) is 3. The molecule has 0 aliphatic heterocycles. The number of nitrogens with one attached hydrogen (secondary N) is 1. The van der Waals surface area contributed by atoms with Gasteiger partial charge in [0.25, 0.3) is 5.91 Å². The molecule has 1 aromatic carbocycles. The summed E-state index contributed by atoms with van der Waals surface area (Å²) in [4.78, 5) is 15.7. The second kappa shape index (κ2) is 5.67. The normalized spacial score (nSPS) is 10.7. The molecule has 0 aliphatic rings. The van der Waals surface area contributed by atoms with Crippen LogP contribution in [0.2, 0.25) is 0 Å². The van der Waals surface area contributed by atoms with Crippen LogP contribution in [0.4, 0.5) is 0 Å². The van der Waals surface area contributed by atoms with Crippen LogP contribution in [-0.2, 0) is 6.54 Å². The van der Waals surface area contributed by atoms with Crippen molar-refractivity contribution in [3.63, 3.8) is 0 Å². The third kappa shape index (κ3) is 3.00. The summed E-state index contributed by atoms with van der Waals surface area (Å²) in [6.07, 6.45) is 3.78. The Hall–Kier alpha value is -2.14. The van der Waals surface area contributed by atoms with Gasteiger partial charge in [-0.1, -0.05) is 26.0 Å². The molecule has 5 heteroatoms. The van der Waals surface area contributed by atoms with Crippen molar-refractivity contribution in [2.45, 2.75) is 26.3 Å². The average molecular weight is 258 g/mol. The highest BCUT2D eigenvalue weighted by molar-refractivity contribution is 5.93. The highest BCUT2D eigenvalue weighted by Gasteiger charge is 2.08. The molecule has 100 valence electrons. The Balaban J connectivity index is 2.15. The molecule has 2 aromatic rings. The minimum absolute atomic E-state index is 0.281. The number of aromatic nitrogens is 2. The van der Waals surface area contributed by atoms with E-state index in [1.54, 1.807) is 12.1 Å². The fourth-order valence-electron chi connectivity index (χ4n) is 2.00. The summed E-state index contributed by atoms with van der Waals surface area (Å²) in [5, 5.41) is 0. The number of hydrazine groups is 1. The van der Waals surface area contributed by atoms with Gasteiger partial charge in [-0.15, -0.1) is 0 Å². The molecule has 2 rings (SSSR count). The van der Waals surface area contributed by atoms with Gasteiger partial charge in [0.1, 0.15) is 5.82 Å². The summed E-state index contributed by atoms with van der Waals surface area (Å²) in [5.41, 5.74) is 3.79. The van der Waals surface area contributed by atoms with Gasteiger partial charge >= 0.3 is 0 Å². The molecule has 1 heterocycles. The van der Waals surface area contributed by atoms with Crippen LogP contribution in [0.3, 0.4) is 0 Å². The van der Waals surface area contributed by atoms with Crippen LogP contribution in [-0.4, -0.2) is 15.5 Å². The number of carbonyl (C=O) groups excluding carboxylic acids is 1. The molecular weight excluding hydrogens is 240 g/mol. The van der Waals surface area contributed by atoms with E-state index in [2.05, 4.69) is 28.8 Å². The van der Waals surface area contributed by atoms with E-state index in [0.29, 0.717) is 11.5 Å². The molecule has 1 aromatic heterocycles. The summed E-state index contributed by atoms with van der Waals surface area (Å²) < 4.78 is 2.11. The van der Waals surface area contributed by atoms with Crippen LogP contribution in [0.5, 0.6) is 0 Å². The quantitative estimate of drug-likeness (QED) is 0.497. The molecule has 1 amide bonds. The lowest BCUT2D eigenvalue weighted by Gasteiger charge is -2.10. The number of nitrogens with two attached hydrogens (primary N) is 1. The van der Waals surface area contributed by atoms with Gasteiger partial charge in [-0.2, -0.15) is 0 Å². The van der Waals surface area contributed by atoms with Gasteiger partial charge in [0.05, 0.1) is 0 Å². The molecule has 0 saturated heterocycles. The fourth-order valence-corrected chi connectivity index (χ4v) is 2.00. The number of amides is 1. The van der Waals surface area contributed by atoms with Crippen molar-refractivity contribution in [1.29, 1.82) is 0 Å². The van der Waals surface area contributed by atoms with Crippen molar-refractivity contribution < 1.29 is 4.79 Å². The Bertz CT molecular complexity index is 557. The van der Waals surface area contributed by atoms with Crippen molar-refractivity contribution >= 4 is 5.91 Å². The highest BCUT2D eigenvalue weighted by Crippen LogP contribution is 2.14. The molecule has 0 aliphatic carbocycles. The highest BCUT2D eigenvalue weighted by atomic mass is 16.2. The Kier molecular flexibility index (Phi) is 3.97. The molecule has 0 spiro atoms. The molecule has 3 N–H and O–H groups in total. The maximum absolute atomic E-state index is 11.3. The monoisotopic (exact) mass is 258 g/mol. The first kappa shape index (κ1) is 13.3. The summed E-state index contributed by atoms with van der Waals surface area (Å²) in [6, 6.07) is 7.39. The number of rotatable bonds is 4. The Labute approximate surface area is 112 Å². The molecule has 0 radical (unpaired) electrons. The van der Waals surface area contributed by atoms with E-state index >= 15 is 0 Å². The molecule has 5 nitrogen and oxygen atoms in total. The van der Waals surface area contributed by atoms with Gasteiger partial charge in [-0.05, 0) is 17.7 Å². The fraction of sp³-hybridized carbons (Fsp3) is 0.286. The summed E-state index contributed by atoms with van der Waals surface area (Å²) in [7, 11) is 0. The predicted octanol–water partition coefficient (Wildman–Crippen LogP) is 1.66. The van der Waals surface area contributed by atoms with Crippen LogP contribution in [0.15, 0.2) is 36.7 Å². The average Bonchev–Trinajstić information content (AvgIpc) is 2.87. The molecule has 0 bridgehead atoms. The third-order valence-electron chi connectivity index (χ3n) is 2.96. The first-order valence-electron chi connectivity index (χ1n) is 6.22. The van der Waals surface area contributed by atoms with E-state index in [1.165, 1.54) is 0 Å². The minimum atomic E-state index is -0.281. The molecule has 0 unspecified atom stereocenters. The first-order chi connectivity index (χ1) is 9.11. The molecule has 0 saturated carbocycles. The standard InChI is InChI=1S/C14H18N4O/c1-10(2)13-16-7-8-18(13)9-11-3-5-12(6-4-11)14(19)17-15/h3-8,10H,9,15H2,1-2H3,(H,17,19). The number of nitrogens with zero attached hydrogens (tertiary/aromatic N) is 2. The molecule has 0 fully saturated rings. The van der Waals surface area contributed by atoms with Gasteiger partial charge in [0.15, 0.2) is 0 Å². The van der Waals surface area contributed by atoms with Gasteiger partial charge in [0, 0.05) is 30.4 Å². The van der Waals surface area contributed by atoms with Gasteiger partial charge in [0.2, 0.25) is 0 Å². The zero-order valence-electron chi connectivity index (χ0n) is 11.1. The van der Waals surface area contributed by atoms with Gasteiger partial charge < -0.3 is 4.57 Å². The van der Waals surface area contributed by atoms with Crippen molar-refractivity contribution in [1.82, 2.24) is 15.0 Å². The lowest BCUT2D eigenvalue weighted by Crippen LogP contribution is -2.29. The lowest BCUT2D eigenvalue weighted by atomic mass is 10.1. The number of carbonyl (C=O) groups is 1. The second-order valence-corrected chi connectivity index (χ2v) is 4.74. The van der Waals surface area contributed by atoms with E-state index in [1.807, 2.05) is 24.5 Å². The van der Waals surface area contributed by atoms with Crippen LogP contribution in [0, 0.1) is 0 Å². The number of nitrogen functional groups attached to an aromatic ring is 1. The van der Waals surface area contributed by atoms with E-state index in [9.17, 15) is 4.79 Å². The van der Waals surface area contributed by atoms with Crippen molar-refractivity contribution in [2.75, 3.05) is 0 Å². The van der Waals surface area contributed by atoms with Gasteiger partial charge in [-0.3, -0.25) is 10.2 Å². The van der Waals surface area contributed by atoms with E-state index < -0.39 is 0 Å². The zero-order valence-corrected chi connectivity index (χ0v) is 11.1. The van der Waals surface area contributed by atoms with Crippen LogP contribution < -0.4 is 11.3 Å². The summed E-state index contributed by atoms with van der Waals surface area (Å²) in [5.74, 6) is 6.26. The van der Waals surface area contributed by atoms with E-state index in [0.717, 1.165) is 17.9 Å². The maximum atomic E-state index is 11.3. The number of benzene rings is 1. The largest absolute Gasteiger partial charge is 0.330 e. The van der Waals surface area contributed by atoms with E-state index in [4.69, 9.17) is 5.84 Å². The number of imidazole rings is 1. The van der Waals surface area contributed by atoms with Crippen molar-refractivity contribution in [3.8, 4) is 0 Å². The Morgan fingerprint density at radius 2 is 2.05 bits per heavy atom. The zero-order chi connectivity index (χ0) is 13.8. The Morgan fingerprint density at radius 3 is 2.63 bits per heavy atom. The second-order valence-electron chi connectivity index (χ2n) is 4.74.